The third kappa shape index (κ3) is 5.41. The third-order valence-electron chi connectivity index (χ3n) is 4.25. The van der Waals surface area contributed by atoms with Gasteiger partial charge in [-0.1, -0.05) is 26.2 Å². The van der Waals surface area contributed by atoms with E-state index >= 15 is 0 Å². The normalized spacial score (nSPS) is 20.0. The lowest BCUT2D eigenvalue weighted by atomic mass is 9.83. The second-order valence-electron chi connectivity index (χ2n) is 6.22. The molecule has 2 unspecified atom stereocenters. The molecule has 0 aliphatic heterocycles. The molecule has 0 heterocycles. The lowest BCUT2D eigenvalue weighted by Crippen LogP contribution is -2.52. The van der Waals surface area contributed by atoms with Gasteiger partial charge in [0.05, 0.1) is 13.2 Å². The Hall–Kier alpha value is -0.610. The number of esters is 1. The molecule has 4 heteroatoms. The van der Waals surface area contributed by atoms with Crippen LogP contribution in [0.2, 0.25) is 0 Å². The highest BCUT2D eigenvalue weighted by molar-refractivity contribution is 5.80. The Bertz CT molecular complexity index is 291. The van der Waals surface area contributed by atoms with E-state index in [-0.39, 0.29) is 12.1 Å². The van der Waals surface area contributed by atoms with Crippen molar-refractivity contribution < 1.29 is 14.3 Å². The first kappa shape index (κ1) is 17.4. The van der Waals surface area contributed by atoms with Gasteiger partial charge in [-0.3, -0.25) is 4.79 Å². The number of methoxy groups -OCH3 is 1. The van der Waals surface area contributed by atoms with Gasteiger partial charge in [-0.15, -0.1) is 0 Å². The Morgan fingerprint density at radius 3 is 2.65 bits per heavy atom. The number of carbonyl (C=O) groups is 1. The van der Waals surface area contributed by atoms with Gasteiger partial charge in [0.1, 0.15) is 5.54 Å². The summed E-state index contributed by atoms with van der Waals surface area (Å²) in [5.74, 6) is 0.660. The zero-order valence-electron chi connectivity index (χ0n) is 13.5. The Morgan fingerprint density at radius 2 is 2.15 bits per heavy atom. The first-order valence-electron chi connectivity index (χ1n) is 7.97. The van der Waals surface area contributed by atoms with Crippen molar-refractivity contribution in [3.05, 3.63) is 0 Å². The average molecular weight is 285 g/mol. The maximum Gasteiger partial charge on any atom is 0.325 e. The van der Waals surface area contributed by atoms with E-state index in [9.17, 15) is 4.79 Å². The number of hydrogen-bond donors (Lipinski definition) is 1. The Morgan fingerprint density at radius 1 is 1.45 bits per heavy atom. The van der Waals surface area contributed by atoms with Crippen molar-refractivity contribution in [2.24, 2.45) is 5.92 Å². The highest BCUT2D eigenvalue weighted by Crippen LogP contribution is 2.29. The van der Waals surface area contributed by atoms with E-state index in [1.807, 2.05) is 13.8 Å². The van der Waals surface area contributed by atoms with Crippen LogP contribution in [0.1, 0.15) is 59.3 Å². The number of ether oxygens (including phenoxy) is 2. The zero-order chi connectivity index (χ0) is 15.0. The van der Waals surface area contributed by atoms with Crippen molar-refractivity contribution in [1.82, 2.24) is 5.32 Å². The average Bonchev–Trinajstić information content (AvgIpc) is 2.38. The minimum Gasteiger partial charge on any atom is -0.468 e. The summed E-state index contributed by atoms with van der Waals surface area (Å²) in [6.07, 6.45) is 6.94. The predicted octanol–water partition coefficient (Wildman–Crippen LogP) is 2.90. The van der Waals surface area contributed by atoms with E-state index in [1.165, 1.54) is 26.4 Å². The van der Waals surface area contributed by atoms with Gasteiger partial charge in [0.25, 0.3) is 0 Å². The summed E-state index contributed by atoms with van der Waals surface area (Å²) in [5, 5.41) is 3.29. The molecular weight excluding hydrogens is 254 g/mol. The van der Waals surface area contributed by atoms with Crippen molar-refractivity contribution in [2.45, 2.75) is 70.9 Å². The molecule has 0 aromatic heterocycles. The van der Waals surface area contributed by atoms with Gasteiger partial charge >= 0.3 is 5.97 Å². The molecule has 1 fully saturated rings. The van der Waals surface area contributed by atoms with Gasteiger partial charge in [0.15, 0.2) is 0 Å². The second-order valence-corrected chi connectivity index (χ2v) is 6.22. The smallest absolute Gasteiger partial charge is 0.325 e. The summed E-state index contributed by atoms with van der Waals surface area (Å²) in [4.78, 5) is 12.0. The van der Waals surface area contributed by atoms with E-state index in [1.54, 1.807) is 0 Å². The van der Waals surface area contributed by atoms with Gasteiger partial charge < -0.3 is 14.8 Å². The monoisotopic (exact) mass is 285 g/mol. The van der Waals surface area contributed by atoms with Crippen molar-refractivity contribution >= 4 is 5.97 Å². The minimum atomic E-state index is -0.652. The highest BCUT2D eigenvalue weighted by Gasteiger charge is 2.35. The van der Waals surface area contributed by atoms with Crippen LogP contribution in [0.4, 0.5) is 0 Å². The first-order chi connectivity index (χ1) is 9.51. The van der Waals surface area contributed by atoms with Crippen molar-refractivity contribution in [3.8, 4) is 0 Å². The van der Waals surface area contributed by atoms with Gasteiger partial charge in [0, 0.05) is 13.0 Å². The van der Waals surface area contributed by atoms with Crippen LogP contribution in [0.3, 0.4) is 0 Å². The lowest BCUT2D eigenvalue weighted by Gasteiger charge is -2.31. The molecule has 0 spiro atoms. The lowest BCUT2D eigenvalue weighted by molar-refractivity contribution is -0.149. The topological polar surface area (TPSA) is 47.6 Å². The summed E-state index contributed by atoms with van der Waals surface area (Å²) in [5.41, 5.74) is -0.652. The van der Waals surface area contributed by atoms with E-state index in [0.29, 0.717) is 6.42 Å². The molecule has 0 radical (unpaired) electrons. The van der Waals surface area contributed by atoms with E-state index in [4.69, 9.17) is 9.47 Å². The molecule has 4 nitrogen and oxygen atoms in total. The second kappa shape index (κ2) is 8.63. The van der Waals surface area contributed by atoms with Crippen LogP contribution < -0.4 is 5.32 Å². The predicted molar refractivity (Wildman–Crippen MR) is 80.7 cm³/mol. The Kier molecular flexibility index (Phi) is 7.52. The summed E-state index contributed by atoms with van der Waals surface area (Å²) in [6.45, 7) is 7.64. The van der Waals surface area contributed by atoms with Gasteiger partial charge in [-0.25, -0.2) is 0 Å². The van der Waals surface area contributed by atoms with Crippen LogP contribution in [0.25, 0.3) is 0 Å². The van der Waals surface area contributed by atoms with Crippen LogP contribution in [0.15, 0.2) is 0 Å². The van der Waals surface area contributed by atoms with Crippen LogP contribution in [-0.2, 0) is 14.3 Å². The minimum absolute atomic E-state index is 0.0588. The largest absolute Gasteiger partial charge is 0.468 e. The molecule has 0 aromatic rings. The van der Waals surface area contributed by atoms with Crippen molar-refractivity contribution in [1.29, 1.82) is 0 Å². The molecule has 1 rings (SSSR count). The quantitative estimate of drug-likeness (QED) is 0.627. The fourth-order valence-electron chi connectivity index (χ4n) is 2.71. The number of rotatable bonds is 10. The third-order valence-corrected chi connectivity index (χ3v) is 4.25. The van der Waals surface area contributed by atoms with E-state index in [2.05, 4.69) is 12.2 Å². The fraction of sp³-hybridized carbons (Fsp3) is 0.938. The van der Waals surface area contributed by atoms with Crippen LogP contribution in [0, 0.1) is 5.92 Å². The summed E-state index contributed by atoms with van der Waals surface area (Å²) < 4.78 is 10.8. The van der Waals surface area contributed by atoms with E-state index in [0.717, 1.165) is 31.9 Å². The number of carbonyl (C=O) groups excluding carboxylic acids is 1. The molecule has 20 heavy (non-hydrogen) atoms. The van der Waals surface area contributed by atoms with Crippen molar-refractivity contribution in [3.63, 3.8) is 0 Å². The Balaban J connectivity index is 2.35. The molecule has 0 aromatic carbocycles. The van der Waals surface area contributed by atoms with Gasteiger partial charge in [-0.05, 0) is 39.2 Å². The molecule has 2 atom stereocenters. The standard InChI is InChI=1S/C16H31NO3/c1-5-10-17-16(3,15(18)19-4)12-13(2)20-11-9-14-7-6-8-14/h13-14,17H,5-12H2,1-4H3. The van der Waals surface area contributed by atoms with Crippen LogP contribution in [0.5, 0.6) is 0 Å². The molecule has 1 saturated carbocycles. The fourth-order valence-corrected chi connectivity index (χ4v) is 2.71. The summed E-state index contributed by atoms with van der Waals surface area (Å²) >= 11 is 0. The van der Waals surface area contributed by atoms with Crippen LogP contribution in [-0.4, -0.2) is 37.9 Å². The molecule has 0 saturated heterocycles. The molecule has 1 aliphatic carbocycles. The van der Waals surface area contributed by atoms with Crippen LogP contribution >= 0.6 is 0 Å². The molecular formula is C16H31NO3. The molecule has 0 bridgehead atoms. The SMILES string of the molecule is CCCNC(C)(CC(C)OCCC1CCC1)C(=O)OC. The molecule has 118 valence electrons. The first-order valence-corrected chi connectivity index (χ1v) is 7.97. The van der Waals surface area contributed by atoms with E-state index < -0.39 is 5.54 Å². The molecule has 1 N–H and O–H groups in total. The Labute approximate surface area is 123 Å². The zero-order valence-corrected chi connectivity index (χ0v) is 13.5. The number of hydrogen-bond acceptors (Lipinski definition) is 4. The summed E-state index contributed by atoms with van der Waals surface area (Å²) in [7, 11) is 1.44. The maximum atomic E-state index is 12.0. The highest BCUT2D eigenvalue weighted by atomic mass is 16.5. The summed E-state index contributed by atoms with van der Waals surface area (Å²) in [6, 6.07) is 0. The number of nitrogens with one attached hydrogen (secondary N) is 1. The molecule has 0 amide bonds. The molecule has 1 aliphatic rings. The van der Waals surface area contributed by atoms with Gasteiger partial charge in [-0.2, -0.15) is 0 Å². The van der Waals surface area contributed by atoms with Crippen molar-refractivity contribution in [2.75, 3.05) is 20.3 Å². The maximum absolute atomic E-state index is 12.0. The van der Waals surface area contributed by atoms with Gasteiger partial charge in [0.2, 0.25) is 0 Å².